The first-order valence-corrected chi connectivity index (χ1v) is 11.3. The van der Waals surface area contributed by atoms with Gasteiger partial charge in [0.05, 0.1) is 30.7 Å². The minimum absolute atomic E-state index is 0.250. The average Bonchev–Trinajstić information content (AvgIpc) is 2.66. The number of carbonyl (C=O) groups is 1. The molecule has 0 aliphatic carbocycles. The lowest BCUT2D eigenvalue weighted by molar-refractivity contribution is -0.117. The molecule has 2 aromatic carbocycles. The smallest absolute Gasteiger partial charge is 0.248 e. The van der Waals surface area contributed by atoms with Crippen molar-refractivity contribution in [3.05, 3.63) is 47.5 Å². The summed E-state index contributed by atoms with van der Waals surface area (Å²) in [5, 5.41) is 3.01. The van der Waals surface area contributed by atoms with Crippen molar-refractivity contribution < 1.29 is 22.7 Å². The summed E-state index contributed by atoms with van der Waals surface area (Å²) in [6, 6.07) is 10.5. The average molecular weight is 441 g/mol. The van der Waals surface area contributed by atoms with E-state index in [2.05, 4.69) is 5.32 Å². The van der Waals surface area contributed by atoms with Crippen LogP contribution in [-0.4, -0.2) is 40.3 Å². The number of sulfonamides is 1. The van der Waals surface area contributed by atoms with Crippen LogP contribution in [0.15, 0.2) is 42.5 Å². The molecule has 0 bridgehead atoms. The zero-order valence-electron chi connectivity index (χ0n) is 16.8. The summed E-state index contributed by atoms with van der Waals surface area (Å²) in [4.78, 5) is 12.9. The van der Waals surface area contributed by atoms with E-state index in [0.29, 0.717) is 23.8 Å². The van der Waals surface area contributed by atoms with Crippen molar-refractivity contribution >= 4 is 38.9 Å². The first-order valence-electron chi connectivity index (χ1n) is 9.07. The van der Waals surface area contributed by atoms with E-state index in [-0.39, 0.29) is 17.1 Å². The Morgan fingerprint density at radius 3 is 2.31 bits per heavy atom. The van der Waals surface area contributed by atoms with Gasteiger partial charge in [-0.2, -0.15) is 0 Å². The molecule has 29 heavy (non-hydrogen) atoms. The summed E-state index contributed by atoms with van der Waals surface area (Å²) in [6.45, 7) is 4.16. The first-order chi connectivity index (χ1) is 13.7. The third-order valence-corrected chi connectivity index (χ3v) is 5.63. The topological polar surface area (TPSA) is 84.9 Å². The highest BCUT2D eigenvalue weighted by atomic mass is 35.5. The Morgan fingerprint density at radius 1 is 1.17 bits per heavy atom. The van der Waals surface area contributed by atoms with Crippen LogP contribution >= 0.6 is 11.6 Å². The number of amides is 1. The quantitative estimate of drug-likeness (QED) is 0.638. The maximum atomic E-state index is 12.9. The Morgan fingerprint density at radius 2 is 1.83 bits per heavy atom. The number of nitrogens with zero attached hydrogens (tertiary/aromatic N) is 1. The minimum atomic E-state index is -3.76. The summed E-state index contributed by atoms with van der Waals surface area (Å²) >= 11 is 6.16. The van der Waals surface area contributed by atoms with E-state index >= 15 is 0 Å². The predicted molar refractivity (Wildman–Crippen MR) is 116 cm³/mol. The Hall–Kier alpha value is -2.45. The molecule has 0 saturated heterocycles. The number of ether oxygens (including phenoxy) is 2. The molecule has 0 aliphatic heterocycles. The van der Waals surface area contributed by atoms with Crippen molar-refractivity contribution in [3.63, 3.8) is 0 Å². The van der Waals surface area contributed by atoms with Crippen molar-refractivity contribution in [2.75, 3.05) is 29.6 Å². The molecule has 0 spiro atoms. The van der Waals surface area contributed by atoms with Crippen molar-refractivity contribution in [3.8, 4) is 11.5 Å². The molecule has 0 heterocycles. The van der Waals surface area contributed by atoms with Gasteiger partial charge >= 0.3 is 0 Å². The number of hydrogen-bond acceptors (Lipinski definition) is 5. The molecular formula is C20H25ClN2O5S. The molecule has 9 heteroatoms. The van der Waals surface area contributed by atoms with E-state index in [4.69, 9.17) is 21.1 Å². The fourth-order valence-corrected chi connectivity index (χ4v) is 4.33. The summed E-state index contributed by atoms with van der Waals surface area (Å²) in [6.07, 6.45) is 1.32. The van der Waals surface area contributed by atoms with Crippen molar-refractivity contribution in [1.29, 1.82) is 0 Å². The van der Waals surface area contributed by atoms with Gasteiger partial charge in [0, 0.05) is 5.69 Å². The molecule has 2 aromatic rings. The van der Waals surface area contributed by atoms with Crippen LogP contribution in [0.5, 0.6) is 11.5 Å². The second-order valence-corrected chi connectivity index (χ2v) is 8.51. The van der Waals surface area contributed by atoms with E-state index in [1.54, 1.807) is 43.3 Å². The van der Waals surface area contributed by atoms with Crippen molar-refractivity contribution in [1.82, 2.24) is 0 Å². The number of anilines is 2. The van der Waals surface area contributed by atoms with E-state index in [0.717, 1.165) is 10.6 Å². The van der Waals surface area contributed by atoms with Crippen LogP contribution in [0.4, 0.5) is 11.4 Å². The minimum Gasteiger partial charge on any atom is -0.495 e. The maximum absolute atomic E-state index is 12.9. The highest BCUT2D eigenvalue weighted by Gasteiger charge is 2.32. The van der Waals surface area contributed by atoms with Gasteiger partial charge in [0.1, 0.15) is 17.5 Å². The van der Waals surface area contributed by atoms with Gasteiger partial charge in [0.25, 0.3) is 0 Å². The second-order valence-electron chi connectivity index (χ2n) is 6.25. The van der Waals surface area contributed by atoms with Crippen LogP contribution in [-0.2, 0) is 14.8 Å². The molecule has 1 unspecified atom stereocenters. The molecule has 1 amide bonds. The molecule has 2 rings (SSSR count). The van der Waals surface area contributed by atoms with Crippen LogP contribution in [0.3, 0.4) is 0 Å². The van der Waals surface area contributed by atoms with E-state index in [1.165, 1.54) is 13.2 Å². The van der Waals surface area contributed by atoms with Gasteiger partial charge in [-0.25, -0.2) is 8.42 Å². The molecule has 0 fully saturated rings. The SMILES string of the molecule is CCOc1ccc(NC(=O)C(CC)N(c2ccc(OC)c(Cl)c2)S(C)(=O)=O)cc1. The fraction of sp³-hybridized carbons (Fsp3) is 0.350. The number of rotatable bonds is 9. The third kappa shape index (κ3) is 5.77. The number of halogens is 1. The van der Waals surface area contributed by atoms with E-state index in [9.17, 15) is 13.2 Å². The van der Waals surface area contributed by atoms with Gasteiger partial charge in [0.15, 0.2) is 0 Å². The molecule has 158 valence electrons. The molecule has 7 nitrogen and oxygen atoms in total. The summed E-state index contributed by atoms with van der Waals surface area (Å²) < 4.78 is 36.6. The summed E-state index contributed by atoms with van der Waals surface area (Å²) in [7, 11) is -2.30. The molecule has 0 aliphatic rings. The highest BCUT2D eigenvalue weighted by Crippen LogP contribution is 2.32. The zero-order valence-corrected chi connectivity index (χ0v) is 18.4. The van der Waals surface area contributed by atoms with Gasteiger partial charge in [-0.15, -0.1) is 0 Å². The maximum Gasteiger partial charge on any atom is 0.248 e. The number of nitrogens with one attached hydrogen (secondary N) is 1. The molecule has 0 aromatic heterocycles. The largest absolute Gasteiger partial charge is 0.495 e. The molecular weight excluding hydrogens is 416 g/mol. The number of methoxy groups -OCH3 is 1. The summed E-state index contributed by atoms with van der Waals surface area (Å²) in [5.41, 5.74) is 0.824. The summed E-state index contributed by atoms with van der Waals surface area (Å²) in [5.74, 6) is 0.646. The van der Waals surface area contributed by atoms with Gasteiger partial charge in [-0.1, -0.05) is 18.5 Å². The normalized spacial score (nSPS) is 12.2. The monoisotopic (exact) mass is 440 g/mol. The Kier molecular flexibility index (Phi) is 7.75. The lowest BCUT2D eigenvalue weighted by Crippen LogP contribution is -2.47. The van der Waals surface area contributed by atoms with Crippen LogP contribution < -0.4 is 19.1 Å². The Labute approximate surface area is 176 Å². The Bertz CT molecular complexity index is 948. The Balaban J connectivity index is 2.33. The van der Waals surface area contributed by atoms with Gasteiger partial charge in [-0.3, -0.25) is 9.10 Å². The number of carbonyl (C=O) groups excluding carboxylic acids is 1. The van der Waals surface area contributed by atoms with Crippen molar-refractivity contribution in [2.24, 2.45) is 0 Å². The highest BCUT2D eigenvalue weighted by molar-refractivity contribution is 7.92. The van der Waals surface area contributed by atoms with Gasteiger partial charge < -0.3 is 14.8 Å². The third-order valence-electron chi connectivity index (χ3n) is 4.15. The van der Waals surface area contributed by atoms with Crippen LogP contribution in [0.2, 0.25) is 5.02 Å². The molecule has 1 atom stereocenters. The van der Waals surface area contributed by atoms with Crippen LogP contribution in [0, 0.1) is 0 Å². The van der Waals surface area contributed by atoms with Gasteiger partial charge in [-0.05, 0) is 55.8 Å². The van der Waals surface area contributed by atoms with Crippen LogP contribution in [0.1, 0.15) is 20.3 Å². The fourth-order valence-electron chi connectivity index (χ4n) is 2.88. The van der Waals surface area contributed by atoms with Crippen molar-refractivity contribution in [2.45, 2.75) is 26.3 Å². The zero-order chi connectivity index (χ0) is 21.6. The van der Waals surface area contributed by atoms with E-state index in [1.807, 2.05) is 6.92 Å². The van der Waals surface area contributed by atoms with E-state index < -0.39 is 22.0 Å². The first kappa shape index (κ1) is 22.8. The number of hydrogen-bond donors (Lipinski definition) is 1. The molecule has 0 saturated carbocycles. The predicted octanol–water partition coefficient (Wildman–Crippen LogP) is 3.93. The standard InChI is InChI=1S/C20H25ClN2O5S/c1-5-18(20(24)22-14-7-10-16(11-8-14)28-6-2)23(29(4,25)26)15-9-12-19(27-3)17(21)13-15/h7-13,18H,5-6H2,1-4H3,(H,22,24). The van der Waals surface area contributed by atoms with Gasteiger partial charge in [0.2, 0.25) is 15.9 Å². The lowest BCUT2D eigenvalue weighted by Gasteiger charge is -2.30. The number of benzene rings is 2. The molecule has 1 N–H and O–H groups in total. The lowest BCUT2D eigenvalue weighted by atomic mass is 10.1. The van der Waals surface area contributed by atoms with Crippen LogP contribution in [0.25, 0.3) is 0 Å². The molecule has 0 radical (unpaired) electrons. The second kappa shape index (κ2) is 9.84.